The lowest BCUT2D eigenvalue weighted by molar-refractivity contribution is 0.301. The van der Waals surface area contributed by atoms with Crippen molar-refractivity contribution in [2.75, 3.05) is 14.2 Å². The molecule has 1 aliphatic heterocycles. The van der Waals surface area contributed by atoms with Crippen LogP contribution in [0.3, 0.4) is 0 Å². The molecule has 6 heteroatoms. The average molecular weight is 361 g/mol. The van der Waals surface area contributed by atoms with Crippen LogP contribution in [0.5, 0.6) is 17.2 Å². The summed E-state index contributed by atoms with van der Waals surface area (Å²) in [5, 5.41) is 1.49. The molecule has 2 aromatic carbocycles. The summed E-state index contributed by atoms with van der Waals surface area (Å²) in [5.74, 6) is 2.09. The third-order valence-electron chi connectivity index (χ3n) is 4.80. The molecule has 0 bridgehead atoms. The summed E-state index contributed by atoms with van der Waals surface area (Å²) in [6.45, 7) is 0.378. The van der Waals surface area contributed by atoms with Gasteiger partial charge in [-0.3, -0.25) is 0 Å². The van der Waals surface area contributed by atoms with Gasteiger partial charge in [0.1, 0.15) is 29.4 Å². The predicted molar refractivity (Wildman–Crippen MR) is 101 cm³/mol. The summed E-state index contributed by atoms with van der Waals surface area (Å²) in [6.07, 6.45) is 0. The maximum atomic E-state index is 12.6. The lowest BCUT2D eigenvalue weighted by Crippen LogP contribution is -2.10. The van der Waals surface area contributed by atoms with Crippen molar-refractivity contribution in [2.24, 2.45) is 0 Å². The Morgan fingerprint density at radius 1 is 0.963 bits per heavy atom. The number of fused-ring (bicyclic) bond motifs is 6. The Kier molecular flexibility index (Phi) is 3.33. The molecule has 0 saturated carbocycles. The molecular weight excluding hydrogens is 346 g/mol. The zero-order chi connectivity index (χ0) is 18.5. The quantitative estimate of drug-likeness (QED) is 0.398. The van der Waals surface area contributed by atoms with Gasteiger partial charge in [-0.2, -0.15) is 0 Å². The summed E-state index contributed by atoms with van der Waals surface area (Å²) in [6, 6.07) is 12.8. The highest BCUT2D eigenvalue weighted by molar-refractivity contribution is 6.04. The molecule has 0 unspecified atom stereocenters. The third-order valence-corrected chi connectivity index (χ3v) is 4.80. The number of benzene rings is 2. The Morgan fingerprint density at radius 3 is 2.56 bits per heavy atom. The van der Waals surface area contributed by atoms with Crippen LogP contribution >= 0.6 is 0 Å². The average Bonchev–Trinajstić information content (AvgIpc) is 2.72. The van der Waals surface area contributed by atoms with Crippen LogP contribution < -0.4 is 19.8 Å². The number of nitrogens with zero attached hydrogens (tertiary/aromatic N) is 1. The molecule has 0 amide bonds. The van der Waals surface area contributed by atoms with Crippen LogP contribution in [-0.2, 0) is 6.61 Å². The molecule has 0 spiro atoms. The van der Waals surface area contributed by atoms with Gasteiger partial charge in [-0.15, -0.1) is 0 Å². The summed E-state index contributed by atoms with van der Waals surface area (Å²) in [5.41, 5.74) is 2.71. The third kappa shape index (κ3) is 2.33. The molecular formula is C21H15NO5. The SMILES string of the molecule is COc1ccc2c(c1)-c1nc3c(=O)oc4ccc(OC)cc4c3cc1CO2. The molecule has 0 aliphatic carbocycles. The maximum Gasteiger partial charge on any atom is 0.363 e. The molecule has 1 aliphatic rings. The Bertz CT molecular complexity index is 1280. The molecule has 2 aromatic heterocycles. The number of hydrogen-bond donors (Lipinski definition) is 0. The molecule has 4 aromatic rings. The van der Waals surface area contributed by atoms with Crippen LogP contribution in [-0.4, -0.2) is 19.2 Å². The van der Waals surface area contributed by atoms with E-state index >= 15 is 0 Å². The van der Waals surface area contributed by atoms with E-state index in [0.29, 0.717) is 40.5 Å². The molecule has 0 atom stereocenters. The van der Waals surface area contributed by atoms with E-state index in [1.807, 2.05) is 30.3 Å². The van der Waals surface area contributed by atoms with E-state index in [1.165, 1.54) is 0 Å². The van der Waals surface area contributed by atoms with Gasteiger partial charge < -0.3 is 18.6 Å². The summed E-state index contributed by atoms with van der Waals surface area (Å²) in [4.78, 5) is 17.2. The Labute approximate surface area is 153 Å². The van der Waals surface area contributed by atoms with E-state index in [9.17, 15) is 4.79 Å². The van der Waals surface area contributed by atoms with E-state index in [2.05, 4.69) is 4.98 Å². The second-order valence-electron chi connectivity index (χ2n) is 6.29. The molecule has 0 saturated heterocycles. The minimum Gasteiger partial charge on any atom is -0.497 e. The van der Waals surface area contributed by atoms with Gasteiger partial charge in [0.15, 0.2) is 5.52 Å². The molecule has 0 N–H and O–H groups in total. The normalized spacial score (nSPS) is 12.4. The van der Waals surface area contributed by atoms with Crippen molar-refractivity contribution in [1.29, 1.82) is 0 Å². The highest BCUT2D eigenvalue weighted by atomic mass is 16.5. The van der Waals surface area contributed by atoms with Crippen molar-refractivity contribution in [2.45, 2.75) is 6.61 Å². The van der Waals surface area contributed by atoms with E-state index in [-0.39, 0.29) is 5.52 Å². The van der Waals surface area contributed by atoms with Crippen LogP contribution in [0.2, 0.25) is 0 Å². The zero-order valence-corrected chi connectivity index (χ0v) is 14.7. The number of hydrogen-bond acceptors (Lipinski definition) is 6. The van der Waals surface area contributed by atoms with E-state index in [1.54, 1.807) is 26.4 Å². The first-order valence-corrected chi connectivity index (χ1v) is 8.43. The Morgan fingerprint density at radius 2 is 1.74 bits per heavy atom. The van der Waals surface area contributed by atoms with Crippen molar-refractivity contribution >= 4 is 21.9 Å². The van der Waals surface area contributed by atoms with Crippen LogP contribution in [0, 0.1) is 0 Å². The fourth-order valence-electron chi connectivity index (χ4n) is 3.45. The number of pyridine rings is 1. The molecule has 0 fully saturated rings. The minimum atomic E-state index is -0.471. The maximum absolute atomic E-state index is 12.6. The van der Waals surface area contributed by atoms with Crippen molar-refractivity contribution in [3.63, 3.8) is 0 Å². The van der Waals surface area contributed by atoms with E-state index in [0.717, 1.165) is 16.5 Å². The fourth-order valence-corrected chi connectivity index (χ4v) is 3.45. The monoisotopic (exact) mass is 361 g/mol. The molecule has 3 heterocycles. The van der Waals surface area contributed by atoms with Gasteiger partial charge in [0.2, 0.25) is 0 Å². The number of ether oxygens (including phenoxy) is 3. The smallest absolute Gasteiger partial charge is 0.363 e. The van der Waals surface area contributed by atoms with Crippen LogP contribution in [0.1, 0.15) is 5.56 Å². The Hall–Kier alpha value is -3.54. The zero-order valence-electron chi connectivity index (χ0n) is 14.7. The van der Waals surface area contributed by atoms with Gasteiger partial charge in [-0.05, 0) is 42.5 Å². The second kappa shape index (κ2) is 5.74. The second-order valence-corrected chi connectivity index (χ2v) is 6.29. The van der Waals surface area contributed by atoms with Crippen LogP contribution in [0.25, 0.3) is 33.1 Å². The molecule has 134 valence electrons. The summed E-state index contributed by atoms with van der Waals surface area (Å²) < 4.78 is 22.0. The molecule has 27 heavy (non-hydrogen) atoms. The molecule has 0 radical (unpaired) electrons. The summed E-state index contributed by atoms with van der Waals surface area (Å²) in [7, 11) is 3.20. The lowest BCUT2D eigenvalue weighted by atomic mass is 9.99. The van der Waals surface area contributed by atoms with Gasteiger partial charge in [0, 0.05) is 21.9 Å². The highest BCUT2D eigenvalue weighted by Crippen LogP contribution is 2.40. The standard InChI is InChI=1S/C21H15NO5/c1-24-12-4-6-18-14(8-12)15-7-11-10-26-17-5-3-13(25-2)9-16(17)19(11)22-20(15)21(23)27-18/h3-9H,10H2,1-2H3. The van der Waals surface area contributed by atoms with Gasteiger partial charge in [-0.1, -0.05) is 0 Å². The summed E-state index contributed by atoms with van der Waals surface area (Å²) >= 11 is 0. The van der Waals surface area contributed by atoms with Crippen molar-refractivity contribution in [1.82, 2.24) is 4.98 Å². The van der Waals surface area contributed by atoms with Gasteiger partial charge in [-0.25, -0.2) is 9.78 Å². The first kappa shape index (κ1) is 15.7. The fraction of sp³-hybridized carbons (Fsp3) is 0.143. The van der Waals surface area contributed by atoms with Crippen molar-refractivity contribution in [3.8, 4) is 28.5 Å². The highest BCUT2D eigenvalue weighted by Gasteiger charge is 2.22. The van der Waals surface area contributed by atoms with Crippen molar-refractivity contribution in [3.05, 3.63) is 58.4 Å². The van der Waals surface area contributed by atoms with Crippen LogP contribution in [0.4, 0.5) is 0 Å². The van der Waals surface area contributed by atoms with E-state index < -0.39 is 5.63 Å². The molecule has 5 rings (SSSR count). The Balaban J connectivity index is 1.85. The topological polar surface area (TPSA) is 70.8 Å². The predicted octanol–water partition coefficient (Wildman–Crippen LogP) is 3.92. The number of methoxy groups -OCH3 is 2. The van der Waals surface area contributed by atoms with Crippen LogP contribution in [0.15, 0.2) is 51.7 Å². The lowest BCUT2D eigenvalue weighted by Gasteiger charge is -2.21. The van der Waals surface area contributed by atoms with Crippen molar-refractivity contribution < 1.29 is 18.6 Å². The number of aromatic nitrogens is 1. The number of rotatable bonds is 2. The van der Waals surface area contributed by atoms with Gasteiger partial charge in [0.25, 0.3) is 0 Å². The first-order valence-electron chi connectivity index (χ1n) is 8.43. The molecule has 6 nitrogen and oxygen atoms in total. The first-order chi connectivity index (χ1) is 13.2. The van der Waals surface area contributed by atoms with Gasteiger partial charge in [0.05, 0.1) is 19.9 Å². The van der Waals surface area contributed by atoms with Gasteiger partial charge >= 0.3 is 5.63 Å². The van der Waals surface area contributed by atoms with E-state index in [4.69, 9.17) is 18.6 Å². The minimum absolute atomic E-state index is 0.283. The largest absolute Gasteiger partial charge is 0.497 e.